The average Bonchev–Trinajstić information content (AvgIpc) is 3.50. The Morgan fingerprint density at radius 1 is 1.06 bits per heavy atom. The van der Waals surface area contributed by atoms with Crippen LogP contribution >= 0.6 is 0 Å². The Hall–Kier alpha value is -3.59. The van der Waals surface area contributed by atoms with E-state index in [4.69, 9.17) is 0 Å². The molecule has 4 heterocycles. The molecule has 3 saturated heterocycles. The molecule has 4 atom stereocenters. The molecule has 1 spiro atoms. The number of hydrogen-bond donors (Lipinski definition) is 1. The zero-order valence-corrected chi connectivity index (χ0v) is 19.1. The fraction of sp³-hybridized carbons (Fsp3) is 0.400. The highest BCUT2D eigenvalue weighted by atomic mass is 16.6. The lowest BCUT2D eigenvalue weighted by atomic mass is 9.75. The molecule has 9 heteroatoms. The quantitative estimate of drug-likeness (QED) is 0.419. The molecule has 0 aliphatic carbocycles. The first-order valence-electron chi connectivity index (χ1n) is 11.5. The smallest absolute Gasteiger partial charge is 0.271 e. The standard InChI is InChI=1S/C25H24N4O5/c1-12-7-9-16-21(14(12)3)26-24(32)25(16)20-19(17-5-4-10-27(17)25)22(30)28(23(20)31)18-11-15(29(33)34)8-6-13(18)2/h6-9,11,17,19-20H,4-5,10H2,1-3H3,(H,26,32)/t17-,19+,20+,25+/m0/s1. The number of carbonyl (C=O) groups is 3. The van der Waals surface area contributed by atoms with E-state index >= 15 is 0 Å². The van der Waals surface area contributed by atoms with Gasteiger partial charge in [0.1, 0.15) is 5.54 Å². The Bertz CT molecular complexity index is 1340. The van der Waals surface area contributed by atoms with Gasteiger partial charge in [-0.3, -0.25) is 29.4 Å². The summed E-state index contributed by atoms with van der Waals surface area (Å²) in [6.07, 6.45) is 1.55. The first-order valence-corrected chi connectivity index (χ1v) is 11.5. The minimum absolute atomic E-state index is 0.189. The van der Waals surface area contributed by atoms with E-state index in [0.717, 1.165) is 40.1 Å². The largest absolute Gasteiger partial charge is 0.324 e. The van der Waals surface area contributed by atoms with Crippen molar-refractivity contribution in [1.82, 2.24) is 4.90 Å². The first-order chi connectivity index (χ1) is 16.2. The highest BCUT2D eigenvalue weighted by Gasteiger charge is 2.74. The topological polar surface area (TPSA) is 113 Å². The Balaban J connectivity index is 1.56. The molecule has 4 aliphatic rings. The van der Waals surface area contributed by atoms with Crippen LogP contribution in [0.3, 0.4) is 0 Å². The molecule has 0 saturated carbocycles. The molecule has 3 fully saturated rings. The van der Waals surface area contributed by atoms with Crippen molar-refractivity contribution in [1.29, 1.82) is 0 Å². The van der Waals surface area contributed by atoms with Crippen LogP contribution in [0, 0.1) is 42.7 Å². The number of anilines is 2. The summed E-state index contributed by atoms with van der Waals surface area (Å²) >= 11 is 0. The molecule has 0 bridgehead atoms. The fourth-order valence-electron chi connectivity index (χ4n) is 6.71. The van der Waals surface area contributed by atoms with Gasteiger partial charge in [-0.25, -0.2) is 4.90 Å². The molecule has 174 valence electrons. The van der Waals surface area contributed by atoms with E-state index < -0.39 is 28.2 Å². The number of non-ortho nitro benzene ring substituents is 1. The maximum atomic E-state index is 14.1. The van der Waals surface area contributed by atoms with Crippen LogP contribution < -0.4 is 10.2 Å². The average molecular weight is 460 g/mol. The van der Waals surface area contributed by atoms with Gasteiger partial charge in [-0.05, 0) is 56.8 Å². The van der Waals surface area contributed by atoms with Crippen molar-refractivity contribution in [3.05, 3.63) is 62.7 Å². The van der Waals surface area contributed by atoms with Crippen LogP contribution in [-0.2, 0) is 19.9 Å². The molecule has 6 rings (SSSR count). The number of rotatable bonds is 2. The van der Waals surface area contributed by atoms with E-state index in [1.54, 1.807) is 13.0 Å². The Morgan fingerprint density at radius 2 is 1.79 bits per heavy atom. The molecule has 0 unspecified atom stereocenters. The van der Waals surface area contributed by atoms with Crippen LogP contribution in [0.5, 0.6) is 0 Å². The second-order valence-corrected chi connectivity index (χ2v) is 9.80. The lowest BCUT2D eigenvalue weighted by molar-refractivity contribution is -0.384. The molecule has 0 aromatic heterocycles. The van der Waals surface area contributed by atoms with Crippen molar-refractivity contribution in [3.8, 4) is 0 Å². The second-order valence-electron chi connectivity index (χ2n) is 9.80. The first kappa shape index (κ1) is 21.0. The number of nitro groups is 1. The molecule has 34 heavy (non-hydrogen) atoms. The Labute approximate surface area is 195 Å². The Morgan fingerprint density at radius 3 is 2.53 bits per heavy atom. The van der Waals surface area contributed by atoms with E-state index in [1.807, 2.05) is 26.0 Å². The van der Waals surface area contributed by atoms with Gasteiger partial charge in [0.25, 0.3) is 5.69 Å². The van der Waals surface area contributed by atoms with Crippen molar-refractivity contribution in [2.75, 3.05) is 16.8 Å². The van der Waals surface area contributed by atoms with Crippen molar-refractivity contribution in [3.63, 3.8) is 0 Å². The van der Waals surface area contributed by atoms with Gasteiger partial charge < -0.3 is 5.32 Å². The Kier molecular flexibility index (Phi) is 4.15. The molecular weight excluding hydrogens is 436 g/mol. The van der Waals surface area contributed by atoms with Gasteiger partial charge in [-0.2, -0.15) is 0 Å². The fourth-order valence-corrected chi connectivity index (χ4v) is 6.71. The van der Waals surface area contributed by atoms with Gasteiger partial charge in [0.2, 0.25) is 17.7 Å². The monoisotopic (exact) mass is 460 g/mol. The zero-order chi connectivity index (χ0) is 24.1. The molecule has 4 aliphatic heterocycles. The van der Waals surface area contributed by atoms with E-state index in [9.17, 15) is 24.5 Å². The number of aryl methyl sites for hydroxylation is 2. The van der Waals surface area contributed by atoms with Crippen LogP contribution in [0.2, 0.25) is 0 Å². The highest BCUT2D eigenvalue weighted by Crippen LogP contribution is 2.61. The summed E-state index contributed by atoms with van der Waals surface area (Å²) in [5, 5.41) is 14.4. The van der Waals surface area contributed by atoms with Crippen molar-refractivity contribution >= 4 is 34.8 Å². The maximum Gasteiger partial charge on any atom is 0.271 e. The van der Waals surface area contributed by atoms with Crippen molar-refractivity contribution in [2.45, 2.75) is 45.2 Å². The lowest BCUT2D eigenvalue weighted by Crippen LogP contribution is -2.54. The summed E-state index contributed by atoms with van der Waals surface area (Å²) in [6, 6.07) is 7.82. The third kappa shape index (κ3) is 2.30. The molecular formula is C25H24N4O5. The predicted octanol–water partition coefficient (Wildman–Crippen LogP) is 2.95. The van der Waals surface area contributed by atoms with E-state index in [0.29, 0.717) is 12.1 Å². The minimum Gasteiger partial charge on any atom is -0.324 e. The number of hydrogen-bond acceptors (Lipinski definition) is 6. The number of imide groups is 1. The second kappa shape index (κ2) is 6.73. The SMILES string of the molecule is Cc1ccc([N+](=O)[O-])cc1N1C(=O)[C@@H]2[C@@H]3CCCN3[C@@]3(C(=O)Nc4c3ccc(C)c4C)[C@H]2C1=O. The summed E-state index contributed by atoms with van der Waals surface area (Å²) < 4.78 is 0. The van der Waals surface area contributed by atoms with Gasteiger partial charge in [-0.15, -0.1) is 0 Å². The van der Waals surface area contributed by atoms with E-state index in [-0.39, 0.29) is 29.2 Å². The van der Waals surface area contributed by atoms with Crippen LogP contribution in [0.1, 0.15) is 35.1 Å². The van der Waals surface area contributed by atoms with Crippen LogP contribution in [0.25, 0.3) is 0 Å². The predicted molar refractivity (Wildman–Crippen MR) is 123 cm³/mol. The van der Waals surface area contributed by atoms with Gasteiger partial charge in [0.05, 0.1) is 22.4 Å². The normalized spacial score (nSPS) is 29.6. The van der Waals surface area contributed by atoms with Crippen LogP contribution in [0.15, 0.2) is 30.3 Å². The molecule has 0 radical (unpaired) electrons. The highest BCUT2D eigenvalue weighted by molar-refractivity contribution is 6.26. The number of fused-ring (bicyclic) bond motifs is 7. The summed E-state index contributed by atoms with van der Waals surface area (Å²) in [5.41, 5.74) is 2.82. The van der Waals surface area contributed by atoms with Crippen molar-refractivity contribution < 1.29 is 19.3 Å². The molecule has 3 amide bonds. The van der Waals surface area contributed by atoms with Gasteiger partial charge in [0, 0.05) is 29.4 Å². The summed E-state index contributed by atoms with van der Waals surface area (Å²) in [6.45, 7) is 6.27. The number of nitrogens with one attached hydrogen (secondary N) is 1. The van der Waals surface area contributed by atoms with E-state index in [2.05, 4.69) is 10.2 Å². The zero-order valence-electron chi connectivity index (χ0n) is 19.1. The number of carbonyl (C=O) groups excluding carboxylic acids is 3. The van der Waals surface area contributed by atoms with Gasteiger partial charge in [-0.1, -0.05) is 18.2 Å². The molecule has 9 nitrogen and oxygen atoms in total. The molecule has 2 aromatic carbocycles. The van der Waals surface area contributed by atoms with Gasteiger partial charge >= 0.3 is 0 Å². The summed E-state index contributed by atoms with van der Waals surface area (Å²) in [4.78, 5) is 55.7. The minimum atomic E-state index is -1.25. The summed E-state index contributed by atoms with van der Waals surface area (Å²) in [5.74, 6) is -2.67. The number of benzene rings is 2. The van der Waals surface area contributed by atoms with Gasteiger partial charge in [0.15, 0.2) is 0 Å². The lowest BCUT2D eigenvalue weighted by Gasteiger charge is -2.36. The van der Waals surface area contributed by atoms with Crippen molar-refractivity contribution in [2.24, 2.45) is 11.8 Å². The third-order valence-corrected chi connectivity index (χ3v) is 8.34. The molecule has 2 aromatic rings. The van der Waals surface area contributed by atoms with Crippen LogP contribution in [0.4, 0.5) is 17.1 Å². The maximum absolute atomic E-state index is 14.1. The number of nitrogens with zero attached hydrogens (tertiary/aromatic N) is 3. The third-order valence-electron chi connectivity index (χ3n) is 8.34. The summed E-state index contributed by atoms with van der Waals surface area (Å²) in [7, 11) is 0. The van der Waals surface area contributed by atoms with E-state index in [1.165, 1.54) is 12.1 Å². The number of amides is 3. The number of nitro benzene ring substituents is 1. The molecule has 1 N–H and O–H groups in total. The van der Waals surface area contributed by atoms with Crippen LogP contribution in [-0.4, -0.2) is 40.1 Å².